The van der Waals surface area contributed by atoms with Gasteiger partial charge < -0.3 is 11.1 Å². The highest BCUT2D eigenvalue weighted by atomic mass is 35.5. The summed E-state index contributed by atoms with van der Waals surface area (Å²) in [5.74, 6) is 0.542. The lowest BCUT2D eigenvalue weighted by Gasteiger charge is -2.04. The number of nitrogens with zero attached hydrogens (tertiary/aromatic N) is 2. The molecule has 11 heavy (non-hydrogen) atoms. The van der Waals surface area contributed by atoms with E-state index in [1.807, 2.05) is 6.92 Å². The van der Waals surface area contributed by atoms with E-state index in [0.717, 1.165) is 6.54 Å². The molecule has 0 aliphatic carbocycles. The number of aromatic nitrogens is 2. The SMILES string of the molecule is CCNc1nncc(Cl)c1N. The molecule has 0 atom stereocenters. The van der Waals surface area contributed by atoms with Crippen molar-refractivity contribution in [3.8, 4) is 0 Å². The number of anilines is 2. The molecule has 0 fully saturated rings. The van der Waals surface area contributed by atoms with E-state index in [4.69, 9.17) is 17.3 Å². The van der Waals surface area contributed by atoms with E-state index in [0.29, 0.717) is 16.5 Å². The van der Waals surface area contributed by atoms with Gasteiger partial charge >= 0.3 is 0 Å². The third-order valence-electron chi connectivity index (χ3n) is 1.19. The van der Waals surface area contributed by atoms with Crippen molar-refractivity contribution >= 4 is 23.1 Å². The van der Waals surface area contributed by atoms with Crippen LogP contribution in [0.1, 0.15) is 6.92 Å². The summed E-state index contributed by atoms with van der Waals surface area (Å²) in [6.45, 7) is 2.70. The molecule has 0 aliphatic heterocycles. The minimum Gasteiger partial charge on any atom is -0.394 e. The van der Waals surface area contributed by atoms with Crippen molar-refractivity contribution in [1.29, 1.82) is 0 Å². The summed E-state index contributed by atoms with van der Waals surface area (Å²) in [5.41, 5.74) is 6.02. The third-order valence-corrected chi connectivity index (χ3v) is 1.49. The zero-order valence-corrected chi connectivity index (χ0v) is 6.89. The first-order valence-electron chi connectivity index (χ1n) is 3.26. The van der Waals surface area contributed by atoms with Gasteiger partial charge in [0.25, 0.3) is 0 Å². The molecule has 1 heterocycles. The van der Waals surface area contributed by atoms with Gasteiger partial charge in [-0.15, -0.1) is 5.10 Å². The van der Waals surface area contributed by atoms with Crippen LogP contribution in [-0.4, -0.2) is 16.7 Å². The number of nitrogens with one attached hydrogen (secondary N) is 1. The predicted octanol–water partition coefficient (Wildman–Crippen LogP) is 1.14. The van der Waals surface area contributed by atoms with Crippen LogP contribution in [0.15, 0.2) is 6.20 Å². The Hall–Kier alpha value is -1.03. The van der Waals surface area contributed by atoms with Gasteiger partial charge in [0.05, 0.1) is 16.9 Å². The molecule has 0 bridgehead atoms. The first-order chi connectivity index (χ1) is 5.25. The zero-order chi connectivity index (χ0) is 8.27. The van der Waals surface area contributed by atoms with Gasteiger partial charge in [-0.25, -0.2) is 0 Å². The molecule has 1 aromatic rings. The van der Waals surface area contributed by atoms with Gasteiger partial charge in [0, 0.05) is 6.54 Å². The molecule has 60 valence electrons. The summed E-state index contributed by atoms with van der Waals surface area (Å²) >= 11 is 5.68. The first-order valence-corrected chi connectivity index (χ1v) is 3.64. The van der Waals surface area contributed by atoms with Crippen LogP contribution in [0.5, 0.6) is 0 Å². The molecule has 0 saturated carbocycles. The van der Waals surface area contributed by atoms with Gasteiger partial charge in [0.2, 0.25) is 0 Å². The fourth-order valence-corrected chi connectivity index (χ4v) is 0.805. The fourth-order valence-electron chi connectivity index (χ4n) is 0.672. The average molecular weight is 173 g/mol. The van der Waals surface area contributed by atoms with Crippen molar-refractivity contribution in [2.45, 2.75) is 6.92 Å². The van der Waals surface area contributed by atoms with Gasteiger partial charge in [0.15, 0.2) is 5.82 Å². The quantitative estimate of drug-likeness (QED) is 0.703. The van der Waals surface area contributed by atoms with E-state index in [2.05, 4.69) is 15.5 Å². The monoisotopic (exact) mass is 172 g/mol. The average Bonchev–Trinajstić information content (AvgIpc) is 1.99. The normalized spacial score (nSPS) is 9.64. The van der Waals surface area contributed by atoms with Crippen LogP contribution in [-0.2, 0) is 0 Å². The molecule has 3 N–H and O–H groups in total. The molecule has 4 nitrogen and oxygen atoms in total. The van der Waals surface area contributed by atoms with Crippen molar-refractivity contribution in [2.75, 3.05) is 17.6 Å². The van der Waals surface area contributed by atoms with Crippen molar-refractivity contribution in [1.82, 2.24) is 10.2 Å². The molecule has 0 spiro atoms. The van der Waals surface area contributed by atoms with E-state index in [9.17, 15) is 0 Å². The molecule has 1 aromatic heterocycles. The van der Waals surface area contributed by atoms with E-state index in [-0.39, 0.29) is 0 Å². The summed E-state index contributed by atoms with van der Waals surface area (Å²) in [6.07, 6.45) is 1.41. The topological polar surface area (TPSA) is 63.8 Å². The maximum Gasteiger partial charge on any atom is 0.173 e. The van der Waals surface area contributed by atoms with Crippen molar-refractivity contribution in [2.24, 2.45) is 0 Å². The molecule has 0 unspecified atom stereocenters. The molecule has 0 amide bonds. The van der Waals surface area contributed by atoms with Crippen LogP contribution in [0.4, 0.5) is 11.5 Å². The highest BCUT2D eigenvalue weighted by Gasteiger charge is 2.02. The standard InChI is InChI=1S/C6H9ClN4/c1-2-9-6-5(8)4(7)3-10-11-6/h3H,2H2,1H3,(H2,8,10)(H,9,11). The second-order valence-corrected chi connectivity index (χ2v) is 2.39. The Morgan fingerprint density at radius 1 is 1.73 bits per heavy atom. The molecule has 5 heteroatoms. The summed E-state index contributed by atoms with van der Waals surface area (Å²) in [4.78, 5) is 0. The molecule has 0 radical (unpaired) electrons. The first kappa shape index (κ1) is 8.07. The second-order valence-electron chi connectivity index (χ2n) is 1.99. The third kappa shape index (κ3) is 1.71. The van der Waals surface area contributed by atoms with E-state index >= 15 is 0 Å². The van der Waals surface area contributed by atoms with Crippen LogP contribution in [0.3, 0.4) is 0 Å². The van der Waals surface area contributed by atoms with Crippen LogP contribution >= 0.6 is 11.6 Å². The smallest absolute Gasteiger partial charge is 0.173 e. The van der Waals surface area contributed by atoms with Gasteiger partial charge in [-0.2, -0.15) is 5.10 Å². The summed E-state index contributed by atoms with van der Waals surface area (Å²) < 4.78 is 0. The zero-order valence-electron chi connectivity index (χ0n) is 6.13. The van der Waals surface area contributed by atoms with Crippen LogP contribution in [0.2, 0.25) is 5.02 Å². The van der Waals surface area contributed by atoms with Gasteiger partial charge in [0.1, 0.15) is 0 Å². The Bertz CT molecular complexity index is 250. The predicted molar refractivity (Wildman–Crippen MR) is 45.6 cm³/mol. The maximum absolute atomic E-state index is 5.68. The fraction of sp³-hybridized carbons (Fsp3) is 0.333. The molecule has 1 rings (SSSR count). The molecule has 0 aromatic carbocycles. The number of hydrogen-bond donors (Lipinski definition) is 2. The van der Waals surface area contributed by atoms with Gasteiger partial charge in [-0.3, -0.25) is 0 Å². The van der Waals surface area contributed by atoms with Gasteiger partial charge in [-0.05, 0) is 6.92 Å². The van der Waals surface area contributed by atoms with E-state index in [1.165, 1.54) is 6.20 Å². The van der Waals surface area contributed by atoms with Crippen molar-refractivity contribution in [3.05, 3.63) is 11.2 Å². The second kappa shape index (κ2) is 3.39. The van der Waals surface area contributed by atoms with Crippen molar-refractivity contribution in [3.63, 3.8) is 0 Å². The molecular formula is C6H9ClN4. The minimum atomic E-state index is 0.427. The number of hydrogen-bond acceptors (Lipinski definition) is 4. The lowest BCUT2D eigenvalue weighted by atomic mass is 10.4. The Labute approximate surface area is 69.8 Å². The lowest BCUT2D eigenvalue weighted by Crippen LogP contribution is -2.04. The molecule has 0 saturated heterocycles. The number of nitrogen functional groups attached to an aromatic ring is 1. The molecular weight excluding hydrogens is 164 g/mol. The molecule has 0 aliphatic rings. The highest BCUT2D eigenvalue weighted by molar-refractivity contribution is 6.33. The maximum atomic E-state index is 5.68. The Morgan fingerprint density at radius 2 is 2.45 bits per heavy atom. The van der Waals surface area contributed by atoms with Crippen LogP contribution in [0, 0.1) is 0 Å². The van der Waals surface area contributed by atoms with Gasteiger partial charge in [-0.1, -0.05) is 11.6 Å². The number of nitrogens with two attached hydrogens (primary N) is 1. The highest BCUT2D eigenvalue weighted by Crippen LogP contribution is 2.22. The summed E-state index contributed by atoms with van der Waals surface area (Å²) in [6, 6.07) is 0. The summed E-state index contributed by atoms with van der Waals surface area (Å²) in [5, 5.41) is 10.8. The number of halogens is 1. The van der Waals surface area contributed by atoms with Crippen LogP contribution < -0.4 is 11.1 Å². The lowest BCUT2D eigenvalue weighted by molar-refractivity contribution is 1.01. The van der Waals surface area contributed by atoms with E-state index in [1.54, 1.807) is 0 Å². The largest absolute Gasteiger partial charge is 0.394 e. The Kier molecular flexibility index (Phi) is 2.48. The van der Waals surface area contributed by atoms with Crippen molar-refractivity contribution < 1.29 is 0 Å². The minimum absolute atomic E-state index is 0.427. The summed E-state index contributed by atoms with van der Waals surface area (Å²) in [7, 11) is 0. The van der Waals surface area contributed by atoms with E-state index < -0.39 is 0 Å². The number of rotatable bonds is 2. The Balaban J connectivity index is 2.96. The van der Waals surface area contributed by atoms with Crippen LogP contribution in [0.25, 0.3) is 0 Å². The Morgan fingerprint density at radius 3 is 3.09 bits per heavy atom.